The number of alkyl halides is 3. The molecule has 0 aliphatic heterocycles. The summed E-state index contributed by atoms with van der Waals surface area (Å²) in [6.07, 6.45) is -2.33. The van der Waals surface area contributed by atoms with Gasteiger partial charge in [0.05, 0.1) is 13.2 Å². The summed E-state index contributed by atoms with van der Waals surface area (Å²) < 4.78 is 35.9. The minimum atomic E-state index is -2.33. The molecule has 0 saturated heterocycles. The number of hydrogen-bond donors (Lipinski definition) is 0. The smallest absolute Gasteiger partial charge is 0.251 e. The van der Waals surface area contributed by atoms with Crippen molar-refractivity contribution in [1.29, 1.82) is 0 Å². The van der Waals surface area contributed by atoms with Crippen molar-refractivity contribution in [3.05, 3.63) is 24.3 Å². The standard InChI is InChI=1S/C14H20BrF2NO2/c1-2-19-12-5-3-4-6-13(12)20-10-9-18(8-7-15)11-14(16)17/h3-6,14H,2,7-11H2,1H3. The van der Waals surface area contributed by atoms with Gasteiger partial charge in [0.2, 0.25) is 0 Å². The Morgan fingerprint density at radius 2 is 1.80 bits per heavy atom. The van der Waals surface area contributed by atoms with Gasteiger partial charge >= 0.3 is 0 Å². The summed E-state index contributed by atoms with van der Waals surface area (Å²) in [5.41, 5.74) is 0. The van der Waals surface area contributed by atoms with E-state index in [-0.39, 0.29) is 6.54 Å². The summed E-state index contributed by atoms with van der Waals surface area (Å²) in [4.78, 5) is 1.67. The molecule has 0 N–H and O–H groups in total. The quantitative estimate of drug-likeness (QED) is 0.603. The van der Waals surface area contributed by atoms with E-state index in [1.54, 1.807) is 4.90 Å². The second kappa shape index (κ2) is 9.94. The van der Waals surface area contributed by atoms with Gasteiger partial charge < -0.3 is 9.47 Å². The first-order valence-corrected chi connectivity index (χ1v) is 7.70. The van der Waals surface area contributed by atoms with Crippen LogP contribution in [0.4, 0.5) is 8.78 Å². The van der Waals surface area contributed by atoms with E-state index in [4.69, 9.17) is 9.47 Å². The molecule has 0 aliphatic carbocycles. The summed E-state index contributed by atoms with van der Waals surface area (Å²) in [6, 6.07) is 7.36. The molecule has 0 atom stereocenters. The second-order valence-electron chi connectivity index (χ2n) is 4.11. The van der Waals surface area contributed by atoms with Gasteiger partial charge in [-0.15, -0.1) is 0 Å². The van der Waals surface area contributed by atoms with Gasteiger partial charge in [-0.25, -0.2) is 8.78 Å². The van der Waals surface area contributed by atoms with Crippen LogP contribution < -0.4 is 9.47 Å². The van der Waals surface area contributed by atoms with Crippen LogP contribution in [0.15, 0.2) is 24.3 Å². The number of para-hydroxylation sites is 2. The zero-order valence-electron chi connectivity index (χ0n) is 11.5. The third kappa shape index (κ3) is 6.52. The lowest BCUT2D eigenvalue weighted by molar-refractivity contribution is 0.0837. The van der Waals surface area contributed by atoms with Gasteiger partial charge in [-0.2, -0.15) is 0 Å². The van der Waals surface area contributed by atoms with Crippen molar-refractivity contribution in [2.45, 2.75) is 13.3 Å². The molecule has 1 rings (SSSR count). The van der Waals surface area contributed by atoms with Gasteiger partial charge in [0.1, 0.15) is 6.61 Å². The maximum Gasteiger partial charge on any atom is 0.251 e. The molecule has 0 radical (unpaired) electrons. The molecule has 0 fully saturated rings. The minimum absolute atomic E-state index is 0.234. The Labute approximate surface area is 127 Å². The largest absolute Gasteiger partial charge is 0.490 e. The predicted molar refractivity (Wildman–Crippen MR) is 79.3 cm³/mol. The molecule has 0 spiro atoms. The first-order valence-electron chi connectivity index (χ1n) is 6.58. The highest BCUT2D eigenvalue weighted by atomic mass is 79.9. The Morgan fingerprint density at radius 1 is 1.15 bits per heavy atom. The van der Waals surface area contributed by atoms with Crippen LogP contribution in [0.5, 0.6) is 11.5 Å². The summed E-state index contributed by atoms with van der Waals surface area (Å²) in [7, 11) is 0. The molecule has 1 aromatic rings. The van der Waals surface area contributed by atoms with Crippen molar-refractivity contribution in [3.63, 3.8) is 0 Å². The van der Waals surface area contributed by atoms with Crippen molar-refractivity contribution in [2.75, 3.05) is 38.2 Å². The Hall–Kier alpha value is -0.880. The molecule has 20 heavy (non-hydrogen) atoms. The van der Waals surface area contributed by atoms with Crippen LogP contribution in [-0.2, 0) is 0 Å². The maximum absolute atomic E-state index is 12.4. The van der Waals surface area contributed by atoms with Crippen LogP contribution in [-0.4, -0.2) is 49.5 Å². The molecule has 1 aromatic carbocycles. The van der Waals surface area contributed by atoms with Crippen LogP contribution in [0.3, 0.4) is 0 Å². The van der Waals surface area contributed by atoms with Gasteiger partial charge in [0.25, 0.3) is 6.43 Å². The lowest BCUT2D eigenvalue weighted by atomic mass is 10.3. The molecule has 0 bridgehead atoms. The van der Waals surface area contributed by atoms with Gasteiger partial charge in [-0.1, -0.05) is 28.1 Å². The second-order valence-corrected chi connectivity index (χ2v) is 4.90. The number of hydrogen-bond acceptors (Lipinski definition) is 3. The minimum Gasteiger partial charge on any atom is -0.490 e. The summed E-state index contributed by atoms with van der Waals surface area (Å²) in [6.45, 7) is 3.60. The average molecular weight is 352 g/mol. The molecular weight excluding hydrogens is 332 g/mol. The Bertz CT molecular complexity index is 380. The van der Waals surface area contributed by atoms with Gasteiger partial charge in [-0.3, -0.25) is 4.90 Å². The SMILES string of the molecule is CCOc1ccccc1OCCN(CCBr)CC(F)F. The van der Waals surface area contributed by atoms with Crippen molar-refractivity contribution >= 4 is 15.9 Å². The molecular formula is C14H20BrF2NO2. The molecule has 0 aliphatic rings. The third-order valence-corrected chi connectivity index (χ3v) is 2.97. The van der Waals surface area contributed by atoms with E-state index in [2.05, 4.69) is 15.9 Å². The number of ether oxygens (including phenoxy) is 2. The van der Waals surface area contributed by atoms with Gasteiger partial charge in [-0.05, 0) is 19.1 Å². The number of rotatable bonds is 10. The highest BCUT2D eigenvalue weighted by Gasteiger charge is 2.12. The number of nitrogens with zero attached hydrogens (tertiary/aromatic N) is 1. The fourth-order valence-electron chi connectivity index (χ4n) is 1.74. The first-order chi connectivity index (χ1) is 9.67. The molecule has 0 saturated carbocycles. The van der Waals surface area contributed by atoms with E-state index in [9.17, 15) is 8.78 Å². The van der Waals surface area contributed by atoms with Crippen LogP contribution in [0, 0.1) is 0 Å². The maximum atomic E-state index is 12.4. The topological polar surface area (TPSA) is 21.7 Å². The van der Waals surface area contributed by atoms with Crippen LogP contribution in [0.2, 0.25) is 0 Å². The van der Waals surface area contributed by atoms with Gasteiger partial charge in [0, 0.05) is 18.4 Å². The van der Waals surface area contributed by atoms with E-state index in [0.29, 0.717) is 43.1 Å². The molecule has 0 heterocycles. The van der Waals surface area contributed by atoms with Crippen molar-refractivity contribution in [3.8, 4) is 11.5 Å². The van der Waals surface area contributed by atoms with E-state index in [0.717, 1.165) is 0 Å². The Morgan fingerprint density at radius 3 is 2.35 bits per heavy atom. The monoisotopic (exact) mass is 351 g/mol. The summed E-state index contributed by atoms with van der Waals surface area (Å²) in [5, 5.41) is 0.662. The number of halogens is 3. The van der Waals surface area contributed by atoms with Crippen LogP contribution in [0.25, 0.3) is 0 Å². The Balaban J connectivity index is 2.45. The zero-order valence-corrected chi connectivity index (χ0v) is 13.1. The van der Waals surface area contributed by atoms with Crippen molar-refractivity contribution < 1.29 is 18.3 Å². The van der Waals surface area contributed by atoms with Crippen molar-refractivity contribution in [1.82, 2.24) is 4.90 Å². The third-order valence-electron chi connectivity index (χ3n) is 2.61. The fourth-order valence-corrected chi connectivity index (χ4v) is 2.24. The predicted octanol–water partition coefficient (Wildman–Crippen LogP) is 3.43. The van der Waals surface area contributed by atoms with Gasteiger partial charge in [0.15, 0.2) is 11.5 Å². The summed E-state index contributed by atoms with van der Waals surface area (Å²) in [5.74, 6) is 1.32. The lowest BCUT2D eigenvalue weighted by Gasteiger charge is -2.21. The lowest BCUT2D eigenvalue weighted by Crippen LogP contribution is -2.34. The molecule has 0 amide bonds. The van der Waals surface area contributed by atoms with E-state index < -0.39 is 6.43 Å². The highest BCUT2D eigenvalue weighted by molar-refractivity contribution is 9.09. The van der Waals surface area contributed by atoms with E-state index in [1.807, 2.05) is 31.2 Å². The van der Waals surface area contributed by atoms with Crippen LogP contribution >= 0.6 is 15.9 Å². The molecule has 114 valence electrons. The number of benzene rings is 1. The zero-order chi connectivity index (χ0) is 14.8. The first kappa shape index (κ1) is 17.2. The highest BCUT2D eigenvalue weighted by Crippen LogP contribution is 2.26. The van der Waals surface area contributed by atoms with Crippen molar-refractivity contribution in [2.24, 2.45) is 0 Å². The average Bonchev–Trinajstić information content (AvgIpc) is 2.40. The van der Waals surface area contributed by atoms with Crippen LogP contribution in [0.1, 0.15) is 6.92 Å². The van der Waals surface area contributed by atoms with E-state index >= 15 is 0 Å². The molecule has 6 heteroatoms. The molecule has 3 nitrogen and oxygen atoms in total. The molecule has 0 unspecified atom stereocenters. The summed E-state index contributed by atoms with van der Waals surface area (Å²) >= 11 is 3.26. The molecule has 0 aromatic heterocycles. The Kier molecular flexibility index (Phi) is 8.53. The van der Waals surface area contributed by atoms with E-state index in [1.165, 1.54) is 0 Å². The fraction of sp³-hybridized carbons (Fsp3) is 0.571. The normalized spacial score (nSPS) is 11.1.